The van der Waals surface area contributed by atoms with Gasteiger partial charge in [0.2, 0.25) is 0 Å². The fourth-order valence-corrected chi connectivity index (χ4v) is 2.96. The Kier molecular flexibility index (Phi) is 5.61. The van der Waals surface area contributed by atoms with Crippen molar-refractivity contribution in [3.63, 3.8) is 0 Å². The minimum atomic E-state index is -0.229. The number of benzene rings is 2. The van der Waals surface area contributed by atoms with E-state index in [1.807, 2.05) is 43.0 Å². The highest BCUT2D eigenvalue weighted by Gasteiger charge is 2.22. The average Bonchev–Trinajstić information content (AvgIpc) is 2.65. The highest BCUT2D eigenvalue weighted by Crippen LogP contribution is 2.20. The van der Waals surface area contributed by atoms with Crippen LogP contribution in [0.4, 0.5) is 14.9 Å². The quantitative estimate of drug-likeness (QED) is 0.854. The van der Waals surface area contributed by atoms with Gasteiger partial charge in [-0.2, -0.15) is 0 Å². The molecule has 1 saturated heterocycles. The van der Waals surface area contributed by atoms with Gasteiger partial charge in [0, 0.05) is 26.2 Å². The number of ether oxygens (including phenoxy) is 1. The second-order valence-corrected chi connectivity index (χ2v) is 6.44. The normalized spacial score (nSPS) is 14.3. The fraction of sp³-hybridized carbons (Fsp3) is 0.350. The van der Waals surface area contributed by atoms with Crippen LogP contribution in [0.1, 0.15) is 11.1 Å². The molecule has 0 saturated carbocycles. The van der Waals surface area contributed by atoms with Crippen molar-refractivity contribution >= 4 is 11.7 Å². The van der Waals surface area contributed by atoms with Crippen molar-refractivity contribution in [1.29, 1.82) is 0 Å². The molecule has 1 N–H and O–H groups in total. The minimum Gasteiger partial charge on any atom is -0.473 e. The molecule has 0 unspecified atom stereocenters. The number of anilines is 1. The monoisotopic (exact) mass is 357 g/mol. The van der Waals surface area contributed by atoms with E-state index in [2.05, 4.69) is 5.32 Å². The minimum absolute atomic E-state index is 0.120. The van der Waals surface area contributed by atoms with Crippen LogP contribution in [0, 0.1) is 19.7 Å². The Hall–Kier alpha value is -2.76. The summed E-state index contributed by atoms with van der Waals surface area (Å²) in [6, 6.07) is 12.4. The maximum absolute atomic E-state index is 13.9. The van der Waals surface area contributed by atoms with E-state index in [0.29, 0.717) is 31.9 Å². The highest BCUT2D eigenvalue weighted by atomic mass is 19.1. The number of piperazine rings is 1. The van der Waals surface area contributed by atoms with Gasteiger partial charge in [0.25, 0.3) is 0 Å². The number of nitrogens with one attached hydrogen (secondary N) is 1. The summed E-state index contributed by atoms with van der Waals surface area (Å²) < 4.78 is 19.5. The number of amides is 2. The van der Waals surface area contributed by atoms with E-state index in [0.717, 1.165) is 11.3 Å². The lowest BCUT2D eigenvalue weighted by molar-refractivity contribution is 0.181. The van der Waals surface area contributed by atoms with Gasteiger partial charge in [-0.15, -0.1) is 0 Å². The van der Waals surface area contributed by atoms with Crippen LogP contribution < -0.4 is 15.0 Å². The molecule has 138 valence electrons. The number of hydrogen-bond acceptors (Lipinski definition) is 3. The van der Waals surface area contributed by atoms with Crippen LogP contribution in [0.3, 0.4) is 0 Å². The molecule has 1 heterocycles. The number of carbonyl (C=O) groups is 1. The summed E-state index contributed by atoms with van der Waals surface area (Å²) in [5.41, 5.74) is 2.94. The number of urea groups is 1. The van der Waals surface area contributed by atoms with E-state index < -0.39 is 0 Å². The van der Waals surface area contributed by atoms with Crippen molar-refractivity contribution in [2.24, 2.45) is 0 Å². The van der Waals surface area contributed by atoms with E-state index in [4.69, 9.17) is 4.74 Å². The average molecular weight is 357 g/mol. The Morgan fingerprint density at radius 1 is 1.08 bits per heavy atom. The van der Waals surface area contributed by atoms with Crippen LogP contribution in [0.25, 0.3) is 0 Å². The number of rotatable bonds is 4. The number of halogens is 1. The summed E-state index contributed by atoms with van der Waals surface area (Å²) in [6.07, 6.45) is 0. The SMILES string of the molecule is Cc1ccc(OCNC(=O)N2CCN(c3ccccc3F)CC2)cc1C. The van der Waals surface area contributed by atoms with Gasteiger partial charge in [0.15, 0.2) is 6.73 Å². The van der Waals surface area contributed by atoms with Crippen LogP contribution in [0.15, 0.2) is 42.5 Å². The van der Waals surface area contributed by atoms with Gasteiger partial charge in [-0.1, -0.05) is 18.2 Å². The smallest absolute Gasteiger partial charge is 0.320 e. The molecule has 0 atom stereocenters. The zero-order valence-electron chi connectivity index (χ0n) is 15.2. The van der Waals surface area contributed by atoms with Gasteiger partial charge in [0.1, 0.15) is 11.6 Å². The Morgan fingerprint density at radius 2 is 1.81 bits per heavy atom. The first kappa shape index (κ1) is 18.0. The Labute approximate surface area is 153 Å². The van der Waals surface area contributed by atoms with Crippen molar-refractivity contribution in [1.82, 2.24) is 10.2 Å². The van der Waals surface area contributed by atoms with Gasteiger partial charge in [-0.3, -0.25) is 0 Å². The Morgan fingerprint density at radius 3 is 2.50 bits per heavy atom. The molecule has 0 bridgehead atoms. The predicted octanol–water partition coefficient (Wildman–Crippen LogP) is 3.31. The van der Waals surface area contributed by atoms with Gasteiger partial charge >= 0.3 is 6.03 Å². The molecular weight excluding hydrogens is 333 g/mol. The number of aryl methyl sites for hydroxylation is 2. The molecule has 5 nitrogen and oxygen atoms in total. The van der Waals surface area contributed by atoms with E-state index in [9.17, 15) is 9.18 Å². The van der Waals surface area contributed by atoms with Gasteiger partial charge < -0.3 is 19.9 Å². The summed E-state index contributed by atoms with van der Waals surface area (Å²) in [7, 11) is 0. The van der Waals surface area contributed by atoms with Crippen LogP contribution in [0.5, 0.6) is 5.75 Å². The highest BCUT2D eigenvalue weighted by molar-refractivity contribution is 5.74. The lowest BCUT2D eigenvalue weighted by Gasteiger charge is -2.36. The zero-order chi connectivity index (χ0) is 18.5. The molecule has 6 heteroatoms. The molecule has 26 heavy (non-hydrogen) atoms. The predicted molar refractivity (Wildman–Crippen MR) is 100 cm³/mol. The van der Waals surface area contributed by atoms with E-state index in [1.54, 1.807) is 17.0 Å². The molecule has 0 radical (unpaired) electrons. The third kappa shape index (κ3) is 4.25. The van der Waals surface area contributed by atoms with Gasteiger partial charge in [0.05, 0.1) is 5.69 Å². The molecule has 2 amide bonds. The first-order valence-electron chi connectivity index (χ1n) is 8.77. The molecule has 2 aromatic rings. The Balaban J connectivity index is 1.45. The third-order valence-corrected chi connectivity index (χ3v) is 4.70. The van der Waals surface area contributed by atoms with Gasteiger partial charge in [-0.25, -0.2) is 9.18 Å². The van der Waals surface area contributed by atoms with Crippen LogP contribution in [-0.4, -0.2) is 43.8 Å². The molecule has 2 aromatic carbocycles. The van der Waals surface area contributed by atoms with Crippen molar-refractivity contribution in [3.05, 3.63) is 59.4 Å². The summed E-state index contributed by atoms with van der Waals surface area (Å²) in [4.78, 5) is 15.9. The number of nitrogens with zero attached hydrogens (tertiary/aromatic N) is 2. The first-order chi connectivity index (χ1) is 12.5. The molecule has 1 aliphatic heterocycles. The summed E-state index contributed by atoms with van der Waals surface area (Å²) >= 11 is 0. The number of carbonyl (C=O) groups excluding carboxylic acids is 1. The van der Waals surface area contributed by atoms with Crippen molar-refractivity contribution in [2.45, 2.75) is 13.8 Å². The molecule has 1 aliphatic rings. The fourth-order valence-electron chi connectivity index (χ4n) is 2.96. The summed E-state index contributed by atoms with van der Waals surface area (Å²) in [5.74, 6) is 0.505. The topological polar surface area (TPSA) is 44.8 Å². The molecule has 0 spiro atoms. The second kappa shape index (κ2) is 8.08. The van der Waals surface area contributed by atoms with Crippen molar-refractivity contribution in [3.8, 4) is 5.75 Å². The molecule has 0 aromatic heterocycles. The van der Waals surface area contributed by atoms with E-state index in [-0.39, 0.29) is 18.6 Å². The van der Waals surface area contributed by atoms with E-state index >= 15 is 0 Å². The first-order valence-corrected chi connectivity index (χ1v) is 8.77. The third-order valence-electron chi connectivity index (χ3n) is 4.70. The van der Waals surface area contributed by atoms with Crippen molar-refractivity contribution < 1.29 is 13.9 Å². The molecule has 1 fully saturated rings. The maximum atomic E-state index is 13.9. The molecule has 3 rings (SSSR count). The van der Waals surface area contributed by atoms with Crippen LogP contribution in [0.2, 0.25) is 0 Å². The lowest BCUT2D eigenvalue weighted by Crippen LogP contribution is -2.52. The standard InChI is InChI=1S/C20H24FN3O2/c1-15-7-8-17(13-16(15)2)26-14-22-20(25)24-11-9-23(10-12-24)19-6-4-3-5-18(19)21/h3-8,13H,9-12,14H2,1-2H3,(H,22,25). The second-order valence-electron chi connectivity index (χ2n) is 6.44. The van der Waals surface area contributed by atoms with Crippen molar-refractivity contribution in [2.75, 3.05) is 37.8 Å². The maximum Gasteiger partial charge on any atom is 0.320 e. The summed E-state index contributed by atoms with van der Waals surface area (Å²) in [6.45, 7) is 6.49. The van der Waals surface area contributed by atoms with Crippen LogP contribution in [-0.2, 0) is 0 Å². The summed E-state index contributed by atoms with van der Waals surface area (Å²) in [5, 5.41) is 2.77. The molecule has 0 aliphatic carbocycles. The van der Waals surface area contributed by atoms with Crippen LogP contribution >= 0.6 is 0 Å². The Bertz CT molecular complexity index is 773. The largest absolute Gasteiger partial charge is 0.473 e. The number of hydrogen-bond donors (Lipinski definition) is 1. The lowest BCUT2D eigenvalue weighted by atomic mass is 10.1. The number of para-hydroxylation sites is 1. The van der Waals surface area contributed by atoms with E-state index in [1.165, 1.54) is 11.6 Å². The molecular formula is C20H24FN3O2. The van der Waals surface area contributed by atoms with Gasteiger partial charge in [-0.05, 0) is 49.2 Å². The zero-order valence-corrected chi connectivity index (χ0v) is 15.2.